The number of anilines is 1. The van der Waals surface area contributed by atoms with Crippen molar-refractivity contribution >= 4 is 17.5 Å². The van der Waals surface area contributed by atoms with Gasteiger partial charge >= 0.3 is 11.8 Å². The molecule has 1 fully saturated rings. The Kier molecular flexibility index (Phi) is 8.32. The monoisotopic (exact) mass is 412 g/mol. The molecule has 0 saturated carbocycles. The quantitative estimate of drug-likeness (QED) is 0.489. The molecule has 30 heavy (non-hydrogen) atoms. The topological polar surface area (TPSA) is 77.8 Å². The second-order valence-electron chi connectivity index (χ2n) is 7.56. The summed E-state index contributed by atoms with van der Waals surface area (Å²) in [6.07, 6.45) is 4.64. The molecule has 1 aromatic heterocycles. The van der Waals surface area contributed by atoms with Gasteiger partial charge in [-0.1, -0.05) is 38.0 Å². The van der Waals surface area contributed by atoms with E-state index in [-0.39, 0.29) is 6.04 Å². The van der Waals surface area contributed by atoms with Crippen LogP contribution in [0.1, 0.15) is 38.0 Å². The van der Waals surface area contributed by atoms with Crippen LogP contribution >= 0.6 is 0 Å². The van der Waals surface area contributed by atoms with Crippen LogP contribution in [0.2, 0.25) is 0 Å². The first kappa shape index (κ1) is 21.9. The average Bonchev–Trinajstić information content (AvgIpc) is 3.32. The number of nitrogens with zero attached hydrogens (tertiary/aromatic N) is 2. The predicted molar refractivity (Wildman–Crippen MR) is 117 cm³/mol. The molecule has 2 amide bonds. The highest BCUT2D eigenvalue weighted by atomic mass is 16.3. The molecule has 1 aromatic carbocycles. The third-order valence-corrected chi connectivity index (χ3v) is 5.48. The van der Waals surface area contributed by atoms with E-state index in [1.165, 1.54) is 5.69 Å². The van der Waals surface area contributed by atoms with Crippen LogP contribution in [0.15, 0.2) is 53.1 Å². The normalized spacial score (nSPS) is 15.6. The maximum atomic E-state index is 12.2. The number of hydrogen-bond acceptors (Lipinski definition) is 5. The highest BCUT2D eigenvalue weighted by Crippen LogP contribution is 2.24. The minimum absolute atomic E-state index is 0.102. The van der Waals surface area contributed by atoms with Crippen molar-refractivity contribution in [2.75, 3.05) is 44.2 Å². The summed E-state index contributed by atoms with van der Waals surface area (Å²) in [5.41, 5.74) is 1.22. The summed E-state index contributed by atoms with van der Waals surface area (Å²) >= 11 is 0. The summed E-state index contributed by atoms with van der Waals surface area (Å²) < 4.78 is 5.64. The third kappa shape index (κ3) is 6.10. The zero-order valence-electron chi connectivity index (χ0n) is 17.7. The number of carbonyl (C=O) groups excluding carboxylic acids is 2. The summed E-state index contributed by atoms with van der Waals surface area (Å²) in [6, 6.07) is 14.0. The molecule has 1 saturated heterocycles. The van der Waals surface area contributed by atoms with Crippen molar-refractivity contribution in [3.63, 3.8) is 0 Å². The molecule has 3 rings (SSSR count). The third-order valence-electron chi connectivity index (χ3n) is 5.48. The Morgan fingerprint density at radius 1 is 0.967 bits per heavy atom. The van der Waals surface area contributed by atoms with Crippen LogP contribution in [-0.4, -0.2) is 56.0 Å². The maximum absolute atomic E-state index is 12.2. The Hall–Kier alpha value is -2.80. The van der Waals surface area contributed by atoms with Crippen LogP contribution in [-0.2, 0) is 9.59 Å². The van der Waals surface area contributed by atoms with Gasteiger partial charge in [0.05, 0.1) is 12.3 Å². The van der Waals surface area contributed by atoms with Crippen LogP contribution < -0.4 is 15.5 Å². The highest BCUT2D eigenvalue weighted by molar-refractivity contribution is 6.35. The van der Waals surface area contributed by atoms with E-state index in [4.69, 9.17) is 4.42 Å². The molecule has 7 heteroatoms. The summed E-state index contributed by atoms with van der Waals surface area (Å²) in [4.78, 5) is 28.9. The Bertz CT molecular complexity index is 771. The van der Waals surface area contributed by atoms with Crippen molar-refractivity contribution in [1.29, 1.82) is 0 Å². The van der Waals surface area contributed by atoms with Crippen LogP contribution in [0.4, 0.5) is 5.69 Å². The van der Waals surface area contributed by atoms with Crippen LogP contribution in [0.5, 0.6) is 0 Å². The Labute approximate surface area is 178 Å². The average molecular weight is 413 g/mol. The molecule has 7 nitrogen and oxygen atoms in total. The Balaban J connectivity index is 1.53. The number of benzene rings is 1. The summed E-state index contributed by atoms with van der Waals surface area (Å²) in [6.45, 7) is 6.45. The molecular formula is C23H32N4O3. The molecule has 0 unspecified atom stereocenters. The van der Waals surface area contributed by atoms with Crippen molar-refractivity contribution in [3.8, 4) is 0 Å². The van der Waals surface area contributed by atoms with Gasteiger partial charge in [-0.25, -0.2) is 0 Å². The lowest BCUT2D eigenvalue weighted by Crippen LogP contribution is -2.50. The van der Waals surface area contributed by atoms with Crippen molar-refractivity contribution < 1.29 is 14.0 Å². The van der Waals surface area contributed by atoms with Crippen molar-refractivity contribution in [2.45, 2.75) is 32.2 Å². The first-order valence-electron chi connectivity index (χ1n) is 10.8. The van der Waals surface area contributed by atoms with Gasteiger partial charge in [-0.3, -0.25) is 14.5 Å². The van der Waals surface area contributed by atoms with Gasteiger partial charge in [0, 0.05) is 45.0 Å². The van der Waals surface area contributed by atoms with Crippen LogP contribution in [0, 0.1) is 0 Å². The zero-order valence-corrected chi connectivity index (χ0v) is 17.7. The van der Waals surface area contributed by atoms with Crippen molar-refractivity contribution in [3.05, 3.63) is 54.5 Å². The van der Waals surface area contributed by atoms with Gasteiger partial charge in [0.15, 0.2) is 0 Å². The Morgan fingerprint density at radius 3 is 2.37 bits per heavy atom. The van der Waals surface area contributed by atoms with E-state index in [2.05, 4.69) is 51.6 Å². The van der Waals surface area contributed by atoms with Crippen molar-refractivity contribution in [1.82, 2.24) is 15.5 Å². The number of hydrogen-bond donors (Lipinski definition) is 2. The lowest BCUT2D eigenvalue weighted by atomic mass is 10.1. The van der Waals surface area contributed by atoms with E-state index in [0.29, 0.717) is 13.1 Å². The van der Waals surface area contributed by atoms with Gasteiger partial charge in [-0.15, -0.1) is 0 Å². The minimum Gasteiger partial charge on any atom is -0.468 e. The second-order valence-corrected chi connectivity index (χ2v) is 7.56. The number of rotatable bonds is 9. The van der Waals surface area contributed by atoms with Gasteiger partial charge in [-0.2, -0.15) is 0 Å². The standard InChI is InChI=1S/C23H32N4O3/c1-2-3-7-12-24-22(28)23(29)25-18-20(21-11-8-17-30-21)27-15-13-26(14-16-27)19-9-5-4-6-10-19/h4-6,8-11,17,20H,2-3,7,12-16,18H2,1H3,(H,24,28)(H,25,29)/t20-/m1/s1. The van der Waals surface area contributed by atoms with E-state index in [9.17, 15) is 9.59 Å². The number of para-hydroxylation sites is 1. The largest absolute Gasteiger partial charge is 0.468 e. The lowest BCUT2D eigenvalue weighted by Gasteiger charge is -2.39. The van der Waals surface area contributed by atoms with Gasteiger partial charge in [0.2, 0.25) is 0 Å². The number of unbranched alkanes of at least 4 members (excludes halogenated alkanes) is 2. The minimum atomic E-state index is -0.592. The fraction of sp³-hybridized carbons (Fsp3) is 0.478. The number of nitrogens with one attached hydrogen (secondary N) is 2. The highest BCUT2D eigenvalue weighted by Gasteiger charge is 2.28. The summed E-state index contributed by atoms with van der Waals surface area (Å²) in [5.74, 6) is -0.365. The second kappa shape index (κ2) is 11.4. The van der Waals surface area contributed by atoms with Crippen LogP contribution in [0.25, 0.3) is 0 Å². The lowest BCUT2D eigenvalue weighted by molar-refractivity contribution is -0.139. The van der Waals surface area contributed by atoms with Gasteiger partial charge in [0.25, 0.3) is 0 Å². The molecule has 1 aliphatic heterocycles. The number of piperazine rings is 1. The fourth-order valence-corrected chi connectivity index (χ4v) is 3.75. The molecule has 0 bridgehead atoms. The molecular weight excluding hydrogens is 380 g/mol. The summed E-state index contributed by atoms with van der Waals surface area (Å²) in [7, 11) is 0. The molecule has 0 aliphatic carbocycles. The maximum Gasteiger partial charge on any atom is 0.309 e. The van der Waals surface area contributed by atoms with Crippen molar-refractivity contribution in [2.24, 2.45) is 0 Å². The SMILES string of the molecule is CCCCCNC(=O)C(=O)NC[C@H](c1ccco1)N1CCN(c2ccccc2)CC1. The van der Waals surface area contributed by atoms with E-state index in [1.807, 2.05) is 18.2 Å². The number of carbonyl (C=O) groups is 2. The zero-order chi connectivity index (χ0) is 21.2. The molecule has 2 aromatic rings. The molecule has 2 N–H and O–H groups in total. The molecule has 1 aliphatic rings. The first-order chi connectivity index (χ1) is 14.7. The van der Waals surface area contributed by atoms with E-state index < -0.39 is 11.8 Å². The molecule has 0 radical (unpaired) electrons. The molecule has 1 atom stereocenters. The van der Waals surface area contributed by atoms with E-state index in [0.717, 1.165) is 51.2 Å². The number of amides is 2. The molecule has 162 valence electrons. The van der Waals surface area contributed by atoms with E-state index in [1.54, 1.807) is 6.26 Å². The first-order valence-corrected chi connectivity index (χ1v) is 10.8. The van der Waals surface area contributed by atoms with Crippen LogP contribution in [0.3, 0.4) is 0 Å². The van der Waals surface area contributed by atoms with Gasteiger partial charge < -0.3 is 20.0 Å². The molecule has 0 spiro atoms. The predicted octanol–water partition coefficient (Wildman–Crippen LogP) is 2.57. The smallest absolute Gasteiger partial charge is 0.309 e. The number of furan rings is 1. The fourth-order valence-electron chi connectivity index (χ4n) is 3.75. The van der Waals surface area contributed by atoms with Gasteiger partial charge in [0.1, 0.15) is 5.76 Å². The van der Waals surface area contributed by atoms with E-state index >= 15 is 0 Å². The molecule has 2 heterocycles. The Morgan fingerprint density at radius 2 is 1.70 bits per heavy atom. The van der Waals surface area contributed by atoms with Gasteiger partial charge in [-0.05, 0) is 30.7 Å². The summed E-state index contributed by atoms with van der Waals surface area (Å²) in [5, 5.41) is 5.47.